The third kappa shape index (κ3) is 5.40. The van der Waals surface area contributed by atoms with Crippen molar-refractivity contribution in [1.29, 1.82) is 0 Å². The molecular formula is C18H14Br2FNO4. The van der Waals surface area contributed by atoms with Crippen LogP contribution in [0.25, 0.3) is 6.08 Å². The molecule has 5 nitrogen and oxygen atoms in total. The fourth-order valence-corrected chi connectivity index (χ4v) is 3.52. The molecule has 0 radical (unpaired) electrons. The van der Waals surface area contributed by atoms with Crippen molar-refractivity contribution < 1.29 is 23.8 Å². The number of aliphatic carboxylic acids is 1. The highest BCUT2D eigenvalue weighted by atomic mass is 79.9. The lowest BCUT2D eigenvalue weighted by Gasteiger charge is -2.12. The lowest BCUT2D eigenvalue weighted by Crippen LogP contribution is -2.24. The van der Waals surface area contributed by atoms with Crippen molar-refractivity contribution in [3.05, 3.63) is 68.0 Å². The zero-order valence-electron chi connectivity index (χ0n) is 13.6. The molecule has 0 aromatic heterocycles. The number of carbonyl (C=O) groups is 2. The fourth-order valence-electron chi connectivity index (χ4n) is 2.07. The van der Waals surface area contributed by atoms with E-state index in [1.165, 1.54) is 19.1 Å². The SMILES string of the molecule is CC(=O)NC(=Cc1cc(Br)c(OCc2ccccc2F)c(Br)c1)C(=O)O. The molecule has 0 heterocycles. The Kier molecular flexibility index (Phi) is 6.93. The Balaban J connectivity index is 2.26. The molecule has 8 heteroatoms. The van der Waals surface area contributed by atoms with Crippen LogP contribution in [0.2, 0.25) is 0 Å². The molecule has 0 bridgehead atoms. The van der Waals surface area contributed by atoms with Gasteiger partial charge in [0, 0.05) is 12.5 Å². The molecule has 0 saturated carbocycles. The highest BCUT2D eigenvalue weighted by Crippen LogP contribution is 2.36. The van der Waals surface area contributed by atoms with Crippen molar-refractivity contribution in [2.75, 3.05) is 0 Å². The molecule has 0 aliphatic carbocycles. The number of hydrogen-bond donors (Lipinski definition) is 2. The van der Waals surface area contributed by atoms with E-state index >= 15 is 0 Å². The summed E-state index contributed by atoms with van der Waals surface area (Å²) < 4.78 is 20.4. The Bertz CT molecular complexity index is 860. The van der Waals surface area contributed by atoms with Crippen LogP contribution in [0.15, 0.2) is 51.0 Å². The predicted octanol–water partition coefficient (Wildman–Crippen LogP) is 4.49. The minimum absolute atomic E-state index is 0.0331. The zero-order chi connectivity index (χ0) is 19.3. The van der Waals surface area contributed by atoms with E-state index in [4.69, 9.17) is 9.84 Å². The lowest BCUT2D eigenvalue weighted by molar-refractivity contribution is -0.134. The number of amides is 1. The van der Waals surface area contributed by atoms with Crippen molar-refractivity contribution in [3.8, 4) is 5.75 Å². The third-order valence-electron chi connectivity index (χ3n) is 3.20. The Morgan fingerprint density at radius 3 is 2.38 bits per heavy atom. The number of carboxylic acids is 1. The van der Waals surface area contributed by atoms with E-state index in [9.17, 15) is 14.0 Å². The van der Waals surface area contributed by atoms with Crippen molar-refractivity contribution in [1.82, 2.24) is 5.32 Å². The van der Waals surface area contributed by atoms with E-state index < -0.39 is 11.9 Å². The van der Waals surface area contributed by atoms with E-state index in [1.54, 1.807) is 30.3 Å². The molecule has 0 saturated heterocycles. The van der Waals surface area contributed by atoms with E-state index in [-0.39, 0.29) is 18.1 Å². The number of nitrogens with one attached hydrogen (secondary N) is 1. The second-order valence-corrected chi connectivity index (χ2v) is 6.95. The number of ether oxygens (including phenoxy) is 1. The van der Waals surface area contributed by atoms with Crippen LogP contribution < -0.4 is 10.1 Å². The number of rotatable bonds is 6. The van der Waals surface area contributed by atoms with Gasteiger partial charge in [0.1, 0.15) is 23.9 Å². The largest absolute Gasteiger partial charge is 0.486 e. The van der Waals surface area contributed by atoms with Crippen molar-refractivity contribution in [2.45, 2.75) is 13.5 Å². The fraction of sp³-hybridized carbons (Fsp3) is 0.111. The van der Waals surface area contributed by atoms with E-state index in [1.807, 2.05) is 0 Å². The summed E-state index contributed by atoms with van der Waals surface area (Å²) in [4.78, 5) is 22.3. The first-order valence-electron chi connectivity index (χ1n) is 7.35. The molecule has 0 aliphatic rings. The summed E-state index contributed by atoms with van der Waals surface area (Å²) in [6, 6.07) is 9.56. The molecule has 0 fully saturated rings. The maximum Gasteiger partial charge on any atom is 0.352 e. The average Bonchev–Trinajstić information content (AvgIpc) is 2.54. The first-order valence-corrected chi connectivity index (χ1v) is 8.94. The van der Waals surface area contributed by atoms with E-state index in [2.05, 4.69) is 37.2 Å². The Hall–Kier alpha value is -2.19. The van der Waals surface area contributed by atoms with Crippen molar-refractivity contribution in [3.63, 3.8) is 0 Å². The topological polar surface area (TPSA) is 75.6 Å². The van der Waals surface area contributed by atoms with Crippen LogP contribution in [0.1, 0.15) is 18.1 Å². The van der Waals surface area contributed by atoms with E-state index in [0.717, 1.165) is 0 Å². The van der Waals surface area contributed by atoms with Gasteiger partial charge in [-0.25, -0.2) is 9.18 Å². The summed E-state index contributed by atoms with van der Waals surface area (Å²) in [6.07, 6.45) is 1.32. The van der Waals surface area contributed by atoms with Gasteiger partial charge in [0.05, 0.1) is 8.95 Å². The van der Waals surface area contributed by atoms with Gasteiger partial charge in [-0.15, -0.1) is 0 Å². The zero-order valence-corrected chi connectivity index (χ0v) is 16.7. The van der Waals surface area contributed by atoms with Crippen molar-refractivity contribution >= 4 is 49.8 Å². The Morgan fingerprint density at radius 2 is 1.85 bits per heavy atom. The number of halogens is 3. The molecule has 2 N–H and O–H groups in total. The summed E-state index contributed by atoms with van der Waals surface area (Å²) in [5.41, 5.74) is 0.679. The number of carboxylic acid groups (broad SMARTS) is 1. The number of carbonyl (C=O) groups excluding carboxylic acids is 1. The molecule has 0 aliphatic heterocycles. The maximum absolute atomic E-state index is 13.7. The maximum atomic E-state index is 13.7. The molecule has 0 unspecified atom stereocenters. The van der Waals surface area contributed by atoms with Gasteiger partial charge in [-0.2, -0.15) is 0 Å². The van der Waals surface area contributed by atoms with Crippen molar-refractivity contribution in [2.24, 2.45) is 0 Å². The summed E-state index contributed by atoms with van der Waals surface area (Å²) in [6.45, 7) is 1.26. The normalized spacial score (nSPS) is 11.2. The monoisotopic (exact) mass is 485 g/mol. The molecule has 136 valence electrons. The van der Waals surface area contributed by atoms with Crippen LogP contribution in [-0.2, 0) is 16.2 Å². The lowest BCUT2D eigenvalue weighted by atomic mass is 10.2. The van der Waals surface area contributed by atoms with Crippen LogP contribution in [0.5, 0.6) is 5.75 Å². The summed E-state index contributed by atoms with van der Waals surface area (Å²) in [5, 5.41) is 11.4. The van der Waals surface area contributed by atoms with Gasteiger partial charge < -0.3 is 15.2 Å². The van der Waals surface area contributed by atoms with Gasteiger partial charge in [-0.05, 0) is 61.7 Å². The first kappa shape index (κ1) is 20.1. The minimum Gasteiger partial charge on any atom is -0.486 e. The second kappa shape index (κ2) is 8.95. The molecule has 2 aromatic carbocycles. The molecule has 2 aromatic rings. The van der Waals surface area contributed by atoms with Crippen LogP contribution in [-0.4, -0.2) is 17.0 Å². The van der Waals surface area contributed by atoms with Crippen LogP contribution in [0, 0.1) is 5.82 Å². The van der Waals surface area contributed by atoms with Crippen LogP contribution in [0.3, 0.4) is 0 Å². The van der Waals surface area contributed by atoms with Gasteiger partial charge in [0.25, 0.3) is 0 Å². The summed E-state index contributed by atoms with van der Waals surface area (Å²) >= 11 is 6.71. The summed E-state index contributed by atoms with van der Waals surface area (Å²) in [5.74, 6) is -1.66. The quantitative estimate of drug-likeness (QED) is 0.590. The highest BCUT2D eigenvalue weighted by molar-refractivity contribution is 9.11. The predicted molar refractivity (Wildman–Crippen MR) is 102 cm³/mol. The number of hydrogen-bond acceptors (Lipinski definition) is 3. The van der Waals surface area contributed by atoms with Gasteiger partial charge in [-0.3, -0.25) is 4.79 Å². The van der Waals surface area contributed by atoms with Crippen LogP contribution >= 0.6 is 31.9 Å². The smallest absolute Gasteiger partial charge is 0.352 e. The van der Waals surface area contributed by atoms with Gasteiger partial charge in [0.15, 0.2) is 0 Å². The van der Waals surface area contributed by atoms with Gasteiger partial charge in [0.2, 0.25) is 5.91 Å². The Morgan fingerprint density at radius 1 is 1.23 bits per heavy atom. The molecule has 26 heavy (non-hydrogen) atoms. The second-order valence-electron chi connectivity index (χ2n) is 5.24. The first-order chi connectivity index (χ1) is 12.3. The standard InChI is InChI=1S/C18H14Br2FNO4/c1-10(23)22-16(18(24)25)8-11-6-13(19)17(14(20)7-11)26-9-12-4-2-3-5-15(12)21/h2-8H,9H2,1H3,(H,22,23)(H,24,25). The third-order valence-corrected chi connectivity index (χ3v) is 4.38. The van der Waals surface area contributed by atoms with Crippen LogP contribution in [0.4, 0.5) is 4.39 Å². The molecule has 0 atom stereocenters. The summed E-state index contributed by atoms with van der Waals surface area (Å²) in [7, 11) is 0. The molecular weight excluding hydrogens is 473 g/mol. The Labute approximate surface area is 166 Å². The highest BCUT2D eigenvalue weighted by Gasteiger charge is 2.13. The number of benzene rings is 2. The van der Waals surface area contributed by atoms with Gasteiger partial charge >= 0.3 is 5.97 Å². The molecule has 2 rings (SSSR count). The molecule has 0 spiro atoms. The van der Waals surface area contributed by atoms with E-state index in [0.29, 0.717) is 25.8 Å². The van der Waals surface area contributed by atoms with Gasteiger partial charge in [-0.1, -0.05) is 18.2 Å². The average molecular weight is 487 g/mol. The minimum atomic E-state index is -1.26. The molecule has 1 amide bonds.